The van der Waals surface area contributed by atoms with E-state index in [1.165, 1.54) is 30.8 Å². The van der Waals surface area contributed by atoms with E-state index in [1.807, 2.05) is 11.8 Å². The van der Waals surface area contributed by atoms with Gasteiger partial charge in [0, 0.05) is 32.1 Å². The third kappa shape index (κ3) is 3.36. The molecule has 94 valence electrons. The number of thioether (sulfide) groups is 1. The maximum absolute atomic E-state index is 6.00. The van der Waals surface area contributed by atoms with Crippen LogP contribution in [0.4, 0.5) is 0 Å². The molecule has 16 heavy (non-hydrogen) atoms. The maximum Gasteiger partial charge on any atom is 0.0795 e. The highest BCUT2D eigenvalue weighted by Gasteiger charge is 2.40. The predicted molar refractivity (Wildman–Crippen MR) is 68.1 cm³/mol. The van der Waals surface area contributed by atoms with Crippen LogP contribution in [0.1, 0.15) is 25.7 Å². The van der Waals surface area contributed by atoms with E-state index >= 15 is 0 Å². The first-order valence-corrected chi connectivity index (χ1v) is 7.44. The average molecular weight is 245 g/mol. The molecular formula is C12H23NO2S. The van der Waals surface area contributed by atoms with Crippen LogP contribution in [0.25, 0.3) is 0 Å². The van der Waals surface area contributed by atoms with Gasteiger partial charge in [-0.05, 0) is 38.0 Å². The molecule has 0 aromatic carbocycles. The molecule has 0 radical (unpaired) electrons. The molecule has 2 heterocycles. The summed E-state index contributed by atoms with van der Waals surface area (Å²) in [6, 6.07) is 0.657. The molecule has 2 unspecified atom stereocenters. The van der Waals surface area contributed by atoms with Crippen LogP contribution in [-0.2, 0) is 9.47 Å². The first kappa shape index (κ1) is 12.7. The fourth-order valence-electron chi connectivity index (χ4n) is 2.59. The first-order valence-electron chi connectivity index (χ1n) is 6.29. The van der Waals surface area contributed by atoms with Crippen LogP contribution < -0.4 is 5.32 Å². The molecule has 4 heteroatoms. The predicted octanol–water partition coefficient (Wildman–Crippen LogP) is 1.67. The van der Waals surface area contributed by atoms with E-state index in [-0.39, 0.29) is 5.60 Å². The summed E-state index contributed by atoms with van der Waals surface area (Å²) < 4.78 is 11.1. The smallest absolute Gasteiger partial charge is 0.0795 e. The normalized spacial score (nSPS) is 34.7. The Morgan fingerprint density at radius 3 is 3.25 bits per heavy atom. The molecule has 0 amide bonds. The minimum absolute atomic E-state index is 0.210. The van der Waals surface area contributed by atoms with Crippen molar-refractivity contribution in [3.05, 3.63) is 0 Å². The van der Waals surface area contributed by atoms with Crippen molar-refractivity contribution < 1.29 is 9.47 Å². The lowest BCUT2D eigenvalue weighted by molar-refractivity contribution is -0.0701. The average Bonchev–Trinajstić information content (AvgIpc) is 2.73. The first-order chi connectivity index (χ1) is 7.85. The number of methoxy groups -OCH3 is 1. The van der Waals surface area contributed by atoms with Crippen LogP contribution in [0.2, 0.25) is 0 Å². The summed E-state index contributed by atoms with van der Waals surface area (Å²) in [5.41, 5.74) is 0.210. The molecule has 2 saturated heterocycles. The quantitative estimate of drug-likeness (QED) is 0.746. The van der Waals surface area contributed by atoms with Gasteiger partial charge in [0.2, 0.25) is 0 Å². The van der Waals surface area contributed by atoms with E-state index in [1.54, 1.807) is 7.11 Å². The fourth-order valence-corrected chi connectivity index (χ4v) is 3.97. The minimum Gasteiger partial charge on any atom is -0.385 e. The molecule has 0 aromatic rings. The molecule has 2 rings (SSSR count). The van der Waals surface area contributed by atoms with E-state index in [0.717, 1.165) is 26.2 Å². The fraction of sp³-hybridized carbons (Fsp3) is 1.00. The van der Waals surface area contributed by atoms with Gasteiger partial charge in [-0.2, -0.15) is 11.8 Å². The van der Waals surface area contributed by atoms with Crippen LogP contribution in [0.15, 0.2) is 0 Å². The highest BCUT2D eigenvalue weighted by atomic mass is 32.2. The van der Waals surface area contributed by atoms with Crippen LogP contribution in [0.5, 0.6) is 0 Å². The van der Waals surface area contributed by atoms with Crippen molar-refractivity contribution in [3.8, 4) is 0 Å². The lowest BCUT2D eigenvalue weighted by atomic mass is 9.90. The summed E-state index contributed by atoms with van der Waals surface area (Å²) in [6.45, 7) is 2.86. The van der Waals surface area contributed by atoms with Gasteiger partial charge in [0.25, 0.3) is 0 Å². The van der Waals surface area contributed by atoms with Crippen molar-refractivity contribution >= 4 is 11.8 Å². The summed E-state index contributed by atoms with van der Waals surface area (Å²) in [4.78, 5) is 0. The van der Waals surface area contributed by atoms with Gasteiger partial charge in [0.1, 0.15) is 0 Å². The van der Waals surface area contributed by atoms with Crippen LogP contribution >= 0.6 is 11.8 Å². The standard InChI is InChI=1S/C12H23NO2S/c1-14-6-2-5-13-11-3-7-15-12(9-11)4-8-16-10-12/h11,13H,2-10H2,1H3. The Bertz CT molecular complexity index is 207. The Labute approximate surface area is 103 Å². The lowest BCUT2D eigenvalue weighted by Gasteiger charge is -2.38. The number of hydrogen-bond donors (Lipinski definition) is 1. The Morgan fingerprint density at radius 1 is 1.56 bits per heavy atom. The van der Waals surface area contributed by atoms with Gasteiger partial charge in [0.05, 0.1) is 5.60 Å². The summed E-state index contributed by atoms with van der Waals surface area (Å²) in [6.07, 6.45) is 4.72. The van der Waals surface area contributed by atoms with E-state index in [0.29, 0.717) is 6.04 Å². The Kier molecular flexibility index (Phi) is 4.95. The molecule has 2 fully saturated rings. The van der Waals surface area contributed by atoms with Crippen molar-refractivity contribution in [2.24, 2.45) is 0 Å². The van der Waals surface area contributed by atoms with Gasteiger partial charge >= 0.3 is 0 Å². The van der Waals surface area contributed by atoms with E-state index in [9.17, 15) is 0 Å². The summed E-state index contributed by atoms with van der Waals surface area (Å²) in [7, 11) is 1.76. The molecule has 3 nitrogen and oxygen atoms in total. The number of nitrogens with one attached hydrogen (secondary N) is 1. The van der Waals surface area contributed by atoms with Crippen molar-refractivity contribution in [1.82, 2.24) is 5.32 Å². The molecule has 2 aliphatic heterocycles. The molecule has 1 spiro atoms. The van der Waals surface area contributed by atoms with E-state index < -0.39 is 0 Å². The maximum atomic E-state index is 6.00. The third-order valence-corrected chi connectivity index (χ3v) is 4.74. The van der Waals surface area contributed by atoms with Gasteiger partial charge < -0.3 is 14.8 Å². The molecule has 2 atom stereocenters. The number of rotatable bonds is 5. The summed E-state index contributed by atoms with van der Waals surface area (Å²) in [5, 5.41) is 3.64. The topological polar surface area (TPSA) is 30.5 Å². The minimum atomic E-state index is 0.210. The van der Waals surface area contributed by atoms with Crippen LogP contribution in [0.3, 0.4) is 0 Å². The van der Waals surface area contributed by atoms with Gasteiger partial charge in [0.15, 0.2) is 0 Å². The van der Waals surface area contributed by atoms with Crippen LogP contribution in [0, 0.1) is 0 Å². The number of hydrogen-bond acceptors (Lipinski definition) is 4. The Hall–Kier alpha value is 0.230. The third-order valence-electron chi connectivity index (χ3n) is 3.52. The zero-order chi connectivity index (χ0) is 11.3. The molecule has 0 saturated carbocycles. The zero-order valence-corrected chi connectivity index (χ0v) is 11.0. The second-order valence-corrected chi connectivity index (χ2v) is 5.93. The van der Waals surface area contributed by atoms with Crippen molar-refractivity contribution in [2.45, 2.75) is 37.3 Å². The van der Waals surface area contributed by atoms with Gasteiger partial charge in [-0.15, -0.1) is 0 Å². The zero-order valence-electron chi connectivity index (χ0n) is 10.2. The van der Waals surface area contributed by atoms with Gasteiger partial charge in [-0.3, -0.25) is 0 Å². The monoisotopic (exact) mass is 245 g/mol. The molecule has 1 N–H and O–H groups in total. The Balaban J connectivity index is 1.70. The van der Waals surface area contributed by atoms with Gasteiger partial charge in [-0.25, -0.2) is 0 Å². The Morgan fingerprint density at radius 2 is 2.50 bits per heavy atom. The van der Waals surface area contributed by atoms with Crippen molar-refractivity contribution in [3.63, 3.8) is 0 Å². The van der Waals surface area contributed by atoms with E-state index in [2.05, 4.69) is 5.32 Å². The highest BCUT2D eigenvalue weighted by molar-refractivity contribution is 7.99. The molecular weight excluding hydrogens is 222 g/mol. The molecule has 0 aliphatic carbocycles. The summed E-state index contributed by atoms with van der Waals surface area (Å²) >= 11 is 2.04. The molecule has 0 aromatic heterocycles. The van der Waals surface area contributed by atoms with Crippen molar-refractivity contribution in [1.29, 1.82) is 0 Å². The number of ether oxygens (including phenoxy) is 2. The van der Waals surface area contributed by atoms with Gasteiger partial charge in [-0.1, -0.05) is 0 Å². The van der Waals surface area contributed by atoms with Crippen molar-refractivity contribution in [2.75, 3.05) is 38.4 Å². The van der Waals surface area contributed by atoms with E-state index in [4.69, 9.17) is 9.47 Å². The molecule has 0 bridgehead atoms. The lowest BCUT2D eigenvalue weighted by Crippen LogP contribution is -2.47. The van der Waals surface area contributed by atoms with Crippen LogP contribution in [-0.4, -0.2) is 50.0 Å². The summed E-state index contributed by atoms with van der Waals surface area (Å²) in [5.74, 6) is 2.47. The highest BCUT2D eigenvalue weighted by Crippen LogP contribution is 2.38. The SMILES string of the molecule is COCCCNC1CCOC2(CCSC2)C1. The largest absolute Gasteiger partial charge is 0.385 e. The second kappa shape index (κ2) is 6.24. The molecule has 2 aliphatic rings. The second-order valence-electron chi connectivity index (χ2n) is 4.82.